The molecule has 0 spiro atoms. The van der Waals surface area contributed by atoms with E-state index in [1.54, 1.807) is 36.5 Å². The van der Waals surface area contributed by atoms with Gasteiger partial charge in [0.25, 0.3) is 5.91 Å². The molecule has 0 saturated carbocycles. The van der Waals surface area contributed by atoms with Crippen molar-refractivity contribution in [3.05, 3.63) is 90.0 Å². The number of pyridine rings is 1. The van der Waals surface area contributed by atoms with E-state index in [4.69, 9.17) is 66.8 Å². The number of fused-ring (bicyclic) bond motifs is 2. The van der Waals surface area contributed by atoms with E-state index in [9.17, 15) is 24.0 Å². The lowest BCUT2D eigenvalue weighted by molar-refractivity contribution is -0.777. The van der Waals surface area contributed by atoms with E-state index >= 15 is 0 Å². The molecular formula is C61H88N6O18+2. The Morgan fingerprint density at radius 3 is 1.74 bits per heavy atom. The van der Waals surface area contributed by atoms with Gasteiger partial charge in [-0.15, -0.1) is 9.36 Å². The van der Waals surface area contributed by atoms with Crippen LogP contribution in [0.5, 0.6) is 23.0 Å². The fraction of sp³-hybridized carbons (Fsp3) is 0.607. The van der Waals surface area contributed by atoms with Crippen LogP contribution in [0.25, 0.3) is 0 Å². The van der Waals surface area contributed by atoms with Crippen LogP contribution >= 0.6 is 0 Å². The van der Waals surface area contributed by atoms with Crippen LogP contribution in [-0.2, 0) is 88.4 Å². The molecule has 2 aliphatic rings. The van der Waals surface area contributed by atoms with Crippen LogP contribution < -0.4 is 33.5 Å². The molecule has 1 fully saturated rings. The Morgan fingerprint density at radius 2 is 1.14 bits per heavy atom. The largest absolute Gasteiger partial charge is 0.487 e. The van der Waals surface area contributed by atoms with Gasteiger partial charge in [0.1, 0.15) is 52.7 Å². The highest BCUT2D eigenvalue weighted by Crippen LogP contribution is 2.33. The number of benzene rings is 2. The average molecular weight is 1190 g/mol. The number of ether oxygens (including phenoxy) is 13. The molecule has 0 unspecified atom stereocenters. The molecule has 4 heterocycles. The highest BCUT2D eigenvalue weighted by Gasteiger charge is 2.56. The summed E-state index contributed by atoms with van der Waals surface area (Å²) in [6, 6.07) is 16.8. The zero-order valence-corrected chi connectivity index (χ0v) is 50.3. The standard InChI is InChI=1S/C61H88N6O18/c1-45(68)81-44-56-57(82-46(2)69)58(83-47(3)70)59(84-48(4)71)61(85-56)66-27-22-50(23-28-66)60(72)64(5)25-15-9-10-16-26-67-43-51(65(6)63-67)17-11-7-8-14-24-62-42-49-20-21-54-55(41-49)80-40-36-76-32-31-74-34-38-78-53-19-13-12-18-52(53)77-37-33-73-29-30-75-35-39-79-54/h12-13,18-23,27-28,41,43,56-59,61-62H,7-11,14-17,24-26,29-40,42,44H2,1-6H3/q+2/t56-,57-,58+,59+,61+/m1/s1. The van der Waals surface area contributed by atoms with Gasteiger partial charge in [-0.05, 0) is 68.5 Å². The van der Waals surface area contributed by atoms with Gasteiger partial charge in [0.15, 0.2) is 59.5 Å². The highest BCUT2D eigenvalue weighted by molar-refractivity contribution is 5.93. The van der Waals surface area contributed by atoms with Gasteiger partial charge in [-0.3, -0.25) is 24.0 Å². The van der Waals surface area contributed by atoms with Crippen LogP contribution in [0.3, 0.4) is 0 Å². The van der Waals surface area contributed by atoms with Gasteiger partial charge in [-0.25, -0.2) is 0 Å². The highest BCUT2D eigenvalue weighted by atomic mass is 16.7. The third-order valence-electron chi connectivity index (χ3n) is 13.7. The molecule has 6 rings (SSSR count). The van der Waals surface area contributed by atoms with E-state index in [1.165, 1.54) is 24.1 Å². The topological polar surface area (TPSA) is 246 Å². The van der Waals surface area contributed by atoms with Gasteiger partial charge < -0.3 is 71.8 Å². The predicted octanol–water partition coefficient (Wildman–Crippen LogP) is 4.77. The molecule has 4 aromatic rings. The van der Waals surface area contributed by atoms with Crippen molar-refractivity contribution in [1.82, 2.24) is 20.1 Å². The number of esters is 4. The molecule has 2 aromatic heterocycles. The number of carbonyl (C=O) groups excluding carboxylic acids is 5. The monoisotopic (exact) mass is 1190 g/mol. The molecule has 5 atom stereocenters. The summed E-state index contributed by atoms with van der Waals surface area (Å²) >= 11 is 0. The minimum Gasteiger partial charge on any atom is -0.487 e. The molecular weight excluding hydrogens is 1100 g/mol. The number of carbonyl (C=O) groups is 5. The first kappa shape index (κ1) is 67.2. The summed E-state index contributed by atoms with van der Waals surface area (Å²) in [7, 11) is 3.75. The summed E-state index contributed by atoms with van der Waals surface area (Å²) in [4.78, 5) is 63.6. The maximum Gasteiger partial charge on any atom is 0.304 e. The van der Waals surface area contributed by atoms with E-state index in [-0.39, 0.29) is 12.5 Å². The number of aromatic nitrogens is 4. The first-order valence-electron chi connectivity index (χ1n) is 29.5. The number of aryl methyl sites for hydroxylation is 3. The number of nitrogens with zero attached hydrogens (tertiary/aromatic N) is 5. The lowest BCUT2D eigenvalue weighted by atomic mass is 9.97. The molecule has 1 N–H and O–H groups in total. The number of unbranched alkanes of at least 4 members (excludes halogenated alkanes) is 6. The molecule has 2 aromatic carbocycles. The molecule has 2 aliphatic heterocycles. The number of para-hydroxylation sites is 2. The second-order valence-corrected chi connectivity index (χ2v) is 20.6. The summed E-state index contributed by atoms with van der Waals surface area (Å²) in [5.74, 6) is -0.336. The SMILES string of the molecule is CC(=O)OC[C@H]1O[C@H]([n+]2ccc(C(=O)N(C)CCCCCC[n+]3cc(CCCCCCNCc4ccc5c(c4)OCCOCCOCCOc4ccccc4OCCOCCOCCO5)n(C)n3)cc2)[C@@H](OC(C)=O)[C@@H](OC(C)=O)[C@@H]1OC(C)=O. The number of rotatable bonds is 23. The minimum absolute atomic E-state index is 0.188. The van der Waals surface area contributed by atoms with Crippen molar-refractivity contribution in [3.8, 4) is 23.0 Å². The van der Waals surface area contributed by atoms with Crippen LogP contribution in [0.2, 0.25) is 0 Å². The maximum atomic E-state index is 13.5. The Kier molecular flexibility index (Phi) is 29.6. The first-order valence-corrected chi connectivity index (χ1v) is 29.5. The van der Waals surface area contributed by atoms with Crippen molar-refractivity contribution in [1.29, 1.82) is 0 Å². The fourth-order valence-corrected chi connectivity index (χ4v) is 9.55. The van der Waals surface area contributed by atoms with Gasteiger partial charge in [0, 0.05) is 66.4 Å². The molecule has 1 amide bonds. The Balaban J connectivity index is 0.849. The molecule has 85 heavy (non-hydrogen) atoms. The van der Waals surface area contributed by atoms with Crippen molar-refractivity contribution < 1.29 is 94.8 Å². The van der Waals surface area contributed by atoms with Crippen molar-refractivity contribution in [3.63, 3.8) is 0 Å². The molecule has 1 saturated heterocycles. The van der Waals surface area contributed by atoms with Crippen LogP contribution in [0.1, 0.15) is 107 Å². The van der Waals surface area contributed by atoms with E-state index in [1.807, 2.05) is 52.8 Å². The minimum atomic E-state index is -1.32. The van der Waals surface area contributed by atoms with Crippen LogP contribution in [-0.4, -0.2) is 175 Å². The number of nitrogens with one attached hydrogen (secondary N) is 1. The predicted molar refractivity (Wildman–Crippen MR) is 305 cm³/mol. The van der Waals surface area contributed by atoms with E-state index in [0.29, 0.717) is 121 Å². The quantitative estimate of drug-likeness (QED) is 0.0455. The third kappa shape index (κ3) is 24.1. The summed E-state index contributed by atoms with van der Waals surface area (Å²) in [5, 5.41) is 8.30. The van der Waals surface area contributed by atoms with E-state index in [0.717, 1.165) is 90.3 Å². The van der Waals surface area contributed by atoms with Gasteiger partial charge in [0.2, 0.25) is 6.10 Å². The normalized spacial score (nSPS) is 19.3. The maximum absolute atomic E-state index is 13.5. The van der Waals surface area contributed by atoms with E-state index in [2.05, 4.69) is 17.6 Å². The van der Waals surface area contributed by atoms with Crippen molar-refractivity contribution in [2.75, 3.05) is 106 Å². The lowest BCUT2D eigenvalue weighted by Crippen LogP contribution is -2.65. The summed E-state index contributed by atoms with van der Waals surface area (Å²) in [5.41, 5.74) is 2.71. The number of hydrogen-bond acceptors (Lipinski definition) is 20. The first-order chi connectivity index (χ1) is 41.2. The Bertz CT molecular complexity index is 2660. The second kappa shape index (κ2) is 37.5. The molecule has 468 valence electrons. The molecule has 0 radical (unpaired) electrons. The number of amides is 1. The smallest absolute Gasteiger partial charge is 0.304 e. The summed E-state index contributed by atoms with van der Waals surface area (Å²) < 4.78 is 80.5. The summed E-state index contributed by atoms with van der Waals surface area (Å²) in [6.45, 7) is 12.2. The fourth-order valence-electron chi connectivity index (χ4n) is 9.55. The molecule has 24 heteroatoms. The Hall–Kier alpha value is -6.96. The lowest BCUT2D eigenvalue weighted by Gasteiger charge is -2.41. The zero-order valence-electron chi connectivity index (χ0n) is 50.3. The molecule has 0 bridgehead atoms. The third-order valence-corrected chi connectivity index (χ3v) is 13.7. The Labute approximate surface area is 498 Å². The van der Waals surface area contributed by atoms with Crippen molar-refractivity contribution >= 4 is 29.8 Å². The average Bonchev–Trinajstić information content (AvgIpc) is 2.26. The van der Waals surface area contributed by atoms with Gasteiger partial charge >= 0.3 is 30.1 Å². The van der Waals surface area contributed by atoms with Gasteiger partial charge in [-0.1, -0.05) is 37.5 Å². The Morgan fingerprint density at radius 1 is 0.612 bits per heavy atom. The molecule has 0 aliphatic carbocycles. The van der Waals surface area contributed by atoms with Gasteiger partial charge in [0.05, 0.1) is 63.6 Å². The van der Waals surface area contributed by atoms with Crippen LogP contribution in [0.4, 0.5) is 0 Å². The van der Waals surface area contributed by atoms with Crippen LogP contribution in [0, 0.1) is 0 Å². The van der Waals surface area contributed by atoms with E-state index < -0.39 is 54.5 Å². The van der Waals surface area contributed by atoms with Crippen molar-refractivity contribution in [2.24, 2.45) is 7.05 Å². The van der Waals surface area contributed by atoms with Crippen molar-refractivity contribution in [2.45, 2.75) is 129 Å². The zero-order chi connectivity index (χ0) is 60.6. The van der Waals surface area contributed by atoms with Crippen LogP contribution in [0.15, 0.2) is 73.2 Å². The number of hydrogen-bond donors (Lipinski definition) is 1. The summed E-state index contributed by atoms with van der Waals surface area (Å²) in [6.07, 6.45) is 8.21. The molecule has 24 nitrogen and oxygen atoms in total. The van der Waals surface area contributed by atoms with Gasteiger partial charge in [-0.2, -0.15) is 4.57 Å². The second-order valence-electron chi connectivity index (χ2n) is 20.6.